The minimum absolute atomic E-state index is 0.193. The van der Waals surface area contributed by atoms with Crippen LogP contribution in [-0.2, 0) is 27.9 Å². The lowest BCUT2D eigenvalue weighted by Crippen LogP contribution is -2.08. The molecule has 0 rings (SSSR count). The van der Waals surface area contributed by atoms with Crippen molar-refractivity contribution in [3.63, 3.8) is 0 Å². The zero-order valence-electron chi connectivity index (χ0n) is 10.4. The summed E-state index contributed by atoms with van der Waals surface area (Å²) in [5.74, 6) is -0.487. The van der Waals surface area contributed by atoms with Gasteiger partial charge in [0.15, 0.2) is 0 Å². The molecule has 0 bridgehead atoms. The minimum atomic E-state index is -3.25. The highest BCUT2D eigenvalue weighted by atomic mass is 31.2. The Kier molecular flexibility index (Phi) is 8.04. The monoisotopic (exact) mass is 266 g/mol. The molecular formula is C10H19O6P. The number of esters is 1. The fourth-order valence-electron chi connectivity index (χ4n) is 1.19. The Morgan fingerprint density at radius 3 is 2.00 bits per heavy atom. The molecule has 17 heavy (non-hydrogen) atoms. The van der Waals surface area contributed by atoms with Crippen LogP contribution in [-0.4, -0.2) is 39.2 Å². The highest BCUT2D eigenvalue weighted by molar-refractivity contribution is 7.54. The molecule has 0 aromatic rings. The van der Waals surface area contributed by atoms with Crippen LogP contribution in [0.3, 0.4) is 0 Å². The van der Waals surface area contributed by atoms with Gasteiger partial charge >= 0.3 is 13.6 Å². The lowest BCUT2D eigenvalue weighted by molar-refractivity contribution is -0.140. The number of methoxy groups -OCH3 is 1. The minimum Gasteiger partial charge on any atom is -0.469 e. The summed E-state index contributed by atoms with van der Waals surface area (Å²) in [4.78, 5) is 22.2. The van der Waals surface area contributed by atoms with Crippen molar-refractivity contribution in [3.05, 3.63) is 0 Å². The number of hydrogen-bond acceptors (Lipinski definition) is 6. The topological polar surface area (TPSA) is 78.9 Å². The summed E-state index contributed by atoms with van der Waals surface area (Å²) < 4.78 is 25.4. The van der Waals surface area contributed by atoms with Crippen LogP contribution in [0.2, 0.25) is 0 Å². The highest BCUT2D eigenvalue weighted by Crippen LogP contribution is 2.46. The Hall–Kier alpha value is -0.710. The van der Waals surface area contributed by atoms with Gasteiger partial charge in [0.25, 0.3) is 0 Å². The Labute approximate surface area is 101 Å². The Balaban J connectivity index is 3.81. The third-order valence-electron chi connectivity index (χ3n) is 2.24. The van der Waals surface area contributed by atoms with Gasteiger partial charge in [-0.25, -0.2) is 0 Å². The summed E-state index contributed by atoms with van der Waals surface area (Å²) in [5, 5.41) is 0. The predicted octanol–water partition coefficient (Wildman–Crippen LogP) is 1.77. The first-order valence-electron chi connectivity index (χ1n) is 5.26. The molecule has 0 N–H and O–H groups in total. The summed E-state index contributed by atoms with van der Waals surface area (Å²) in [5.41, 5.74) is 0. The van der Waals surface area contributed by atoms with E-state index in [-0.39, 0.29) is 30.8 Å². The SMILES string of the molecule is COC(=O)CCCCC(=O)CP(=O)(OC)OC. The second-order valence-corrected chi connectivity index (χ2v) is 5.72. The maximum atomic E-state index is 11.6. The third kappa shape index (κ3) is 7.26. The van der Waals surface area contributed by atoms with Crippen molar-refractivity contribution in [2.24, 2.45) is 0 Å². The first kappa shape index (κ1) is 16.3. The number of unbranched alkanes of at least 4 members (excludes halogenated alkanes) is 1. The maximum absolute atomic E-state index is 11.6. The smallest absolute Gasteiger partial charge is 0.337 e. The van der Waals surface area contributed by atoms with Crippen molar-refractivity contribution >= 4 is 19.3 Å². The van der Waals surface area contributed by atoms with Gasteiger partial charge in [0.1, 0.15) is 11.9 Å². The van der Waals surface area contributed by atoms with E-state index in [1.807, 2.05) is 0 Å². The Morgan fingerprint density at radius 1 is 1.00 bits per heavy atom. The molecule has 0 saturated heterocycles. The van der Waals surface area contributed by atoms with E-state index in [0.717, 1.165) is 0 Å². The van der Waals surface area contributed by atoms with Gasteiger partial charge in [0, 0.05) is 27.1 Å². The largest absolute Gasteiger partial charge is 0.469 e. The van der Waals surface area contributed by atoms with Crippen LogP contribution in [0, 0.1) is 0 Å². The molecule has 7 heteroatoms. The van der Waals surface area contributed by atoms with E-state index in [2.05, 4.69) is 13.8 Å². The zero-order chi connectivity index (χ0) is 13.3. The van der Waals surface area contributed by atoms with Gasteiger partial charge in [-0.2, -0.15) is 0 Å². The summed E-state index contributed by atoms with van der Waals surface area (Å²) in [6.45, 7) is 0. The molecule has 0 saturated carbocycles. The molecule has 0 amide bonds. The number of carbonyl (C=O) groups is 2. The second kappa shape index (κ2) is 8.39. The number of Topliss-reactive ketones (excluding diaryl/α,β-unsaturated/α-hetero) is 1. The first-order chi connectivity index (χ1) is 7.97. The first-order valence-corrected chi connectivity index (χ1v) is 6.99. The molecule has 0 unspecified atom stereocenters. The average molecular weight is 266 g/mol. The van der Waals surface area contributed by atoms with Crippen LogP contribution in [0.15, 0.2) is 0 Å². The highest BCUT2D eigenvalue weighted by Gasteiger charge is 2.24. The fourth-order valence-corrected chi connectivity index (χ4v) is 2.19. The maximum Gasteiger partial charge on any atom is 0.337 e. The van der Waals surface area contributed by atoms with Crippen LogP contribution in [0.4, 0.5) is 0 Å². The molecule has 0 heterocycles. The predicted molar refractivity (Wildman–Crippen MR) is 62.0 cm³/mol. The van der Waals surface area contributed by atoms with Crippen molar-refractivity contribution in [1.82, 2.24) is 0 Å². The van der Waals surface area contributed by atoms with E-state index in [4.69, 9.17) is 0 Å². The summed E-state index contributed by atoms with van der Waals surface area (Å²) in [6.07, 6.45) is 1.45. The third-order valence-corrected chi connectivity index (χ3v) is 4.09. The van der Waals surface area contributed by atoms with Crippen LogP contribution in [0.5, 0.6) is 0 Å². The molecule has 0 aliphatic rings. The fraction of sp³-hybridized carbons (Fsp3) is 0.800. The van der Waals surface area contributed by atoms with Gasteiger partial charge < -0.3 is 13.8 Å². The standard InChI is InChI=1S/C10H19O6P/c1-14-10(12)7-5-4-6-9(11)8-17(13,15-2)16-3/h4-8H2,1-3H3. The normalized spacial score (nSPS) is 11.2. The van der Waals surface area contributed by atoms with E-state index in [1.54, 1.807) is 0 Å². The number of carbonyl (C=O) groups excluding carboxylic acids is 2. The van der Waals surface area contributed by atoms with E-state index >= 15 is 0 Å². The molecule has 0 aliphatic heterocycles. The van der Waals surface area contributed by atoms with Crippen LogP contribution >= 0.6 is 7.60 Å². The second-order valence-electron chi connectivity index (χ2n) is 3.46. The van der Waals surface area contributed by atoms with E-state index in [0.29, 0.717) is 12.8 Å². The van der Waals surface area contributed by atoms with E-state index < -0.39 is 7.60 Å². The lowest BCUT2D eigenvalue weighted by atomic mass is 10.1. The van der Waals surface area contributed by atoms with Gasteiger partial charge in [0.05, 0.1) is 7.11 Å². The summed E-state index contributed by atoms with van der Waals surface area (Å²) in [6, 6.07) is 0. The molecular weight excluding hydrogens is 247 g/mol. The van der Waals surface area contributed by atoms with Crippen molar-refractivity contribution in [2.75, 3.05) is 27.5 Å². The van der Waals surface area contributed by atoms with E-state index in [1.165, 1.54) is 21.3 Å². The summed E-state index contributed by atoms with van der Waals surface area (Å²) >= 11 is 0. The van der Waals surface area contributed by atoms with E-state index in [9.17, 15) is 14.2 Å². The number of rotatable bonds is 9. The van der Waals surface area contributed by atoms with Gasteiger partial charge in [-0.05, 0) is 12.8 Å². The average Bonchev–Trinajstić information content (AvgIpc) is 2.34. The Bertz CT molecular complexity index is 293. The molecule has 0 fully saturated rings. The van der Waals surface area contributed by atoms with Crippen molar-refractivity contribution in [1.29, 1.82) is 0 Å². The van der Waals surface area contributed by atoms with Crippen molar-refractivity contribution < 1.29 is 27.9 Å². The molecule has 0 radical (unpaired) electrons. The van der Waals surface area contributed by atoms with Gasteiger partial charge in [-0.15, -0.1) is 0 Å². The molecule has 0 atom stereocenters. The summed E-state index contributed by atoms with van der Waals surface area (Å²) in [7, 11) is 0.558. The quantitative estimate of drug-likeness (QED) is 0.359. The number of ether oxygens (including phenoxy) is 1. The van der Waals surface area contributed by atoms with Gasteiger partial charge in [-0.1, -0.05) is 0 Å². The Morgan fingerprint density at radius 2 is 1.53 bits per heavy atom. The number of hydrogen-bond donors (Lipinski definition) is 0. The lowest BCUT2D eigenvalue weighted by Gasteiger charge is -2.12. The van der Waals surface area contributed by atoms with Crippen molar-refractivity contribution in [3.8, 4) is 0 Å². The molecule has 6 nitrogen and oxygen atoms in total. The van der Waals surface area contributed by atoms with Crippen LogP contribution in [0.1, 0.15) is 25.7 Å². The molecule has 0 aromatic carbocycles. The van der Waals surface area contributed by atoms with Crippen molar-refractivity contribution in [2.45, 2.75) is 25.7 Å². The molecule has 0 aliphatic carbocycles. The molecule has 0 aromatic heterocycles. The van der Waals surface area contributed by atoms with Crippen LogP contribution < -0.4 is 0 Å². The van der Waals surface area contributed by atoms with Gasteiger partial charge in [-0.3, -0.25) is 14.2 Å². The zero-order valence-corrected chi connectivity index (χ0v) is 11.3. The van der Waals surface area contributed by atoms with Crippen LogP contribution in [0.25, 0.3) is 0 Å². The van der Waals surface area contributed by atoms with Gasteiger partial charge in [0.2, 0.25) is 0 Å². The molecule has 100 valence electrons. The number of ketones is 1. The molecule has 0 spiro atoms.